The Morgan fingerprint density at radius 2 is 1.95 bits per heavy atom. The number of aromatic nitrogens is 2. The van der Waals surface area contributed by atoms with Crippen molar-refractivity contribution in [3.8, 4) is 0 Å². The first-order valence-corrected chi connectivity index (χ1v) is 8.59. The smallest absolute Gasteiger partial charge is 0.267 e. The first-order chi connectivity index (χ1) is 10.7. The molecule has 0 unspecified atom stereocenters. The third-order valence-corrected chi connectivity index (χ3v) is 5.31. The molecule has 1 aromatic rings. The summed E-state index contributed by atoms with van der Waals surface area (Å²) >= 11 is 0. The SMILES string of the molecule is O=C(C1CC1)N1CCC(Cn2nc3c(cc2=O)CCC3)CC1. The summed E-state index contributed by atoms with van der Waals surface area (Å²) in [5.74, 6) is 1.14. The van der Waals surface area contributed by atoms with Gasteiger partial charge in [0.05, 0.1) is 5.69 Å². The summed E-state index contributed by atoms with van der Waals surface area (Å²) in [7, 11) is 0. The molecule has 1 aromatic heterocycles. The van der Waals surface area contributed by atoms with Gasteiger partial charge in [-0.1, -0.05) is 0 Å². The fraction of sp³-hybridized carbons (Fsp3) is 0.706. The van der Waals surface area contributed by atoms with Crippen LogP contribution in [0.25, 0.3) is 0 Å². The number of fused-ring (bicyclic) bond motifs is 1. The Labute approximate surface area is 130 Å². The van der Waals surface area contributed by atoms with Gasteiger partial charge in [-0.25, -0.2) is 4.68 Å². The number of aryl methyl sites for hydroxylation is 2. The number of piperidine rings is 1. The highest BCUT2D eigenvalue weighted by atomic mass is 16.2. The van der Waals surface area contributed by atoms with E-state index in [9.17, 15) is 9.59 Å². The quantitative estimate of drug-likeness (QED) is 0.847. The van der Waals surface area contributed by atoms with Crippen molar-refractivity contribution in [2.24, 2.45) is 11.8 Å². The van der Waals surface area contributed by atoms with Gasteiger partial charge in [0.25, 0.3) is 5.56 Å². The minimum atomic E-state index is 0.0390. The van der Waals surface area contributed by atoms with Crippen LogP contribution in [0.5, 0.6) is 0 Å². The van der Waals surface area contributed by atoms with Gasteiger partial charge in [0.15, 0.2) is 0 Å². The maximum atomic E-state index is 12.2. The van der Waals surface area contributed by atoms with Crippen LogP contribution in [0.1, 0.15) is 43.4 Å². The summed E-state index contributed by atoms with van der Waals surface area (Å²) in [6, 6.07) is 1.78. The Morgan fingerprint density at radius 1 is 1.18 bits per heavy atom. The standard InChI is InChI=1S/C17H23N3O2/c21-16-10-14-2-1-3-15(14)18-20(16)11-12-6-8-19(9-7-12)17(22)13-4-5-13/h10,12-13H,1-9,11H2. The van der Waals surface area contributed by atoms with Crippen molar-refractivity contribution in [1.29, 1.82) is 0 Å². The fourth-order valence-electron chi connectivity index (χ4n) is 3.74. The highest BCUT2D eigenvalue weighted by molar-refractivity contribution is 5.81. The molecule has 0 atom stereocenters. The number of likely N-dealkylation sites (tertiary alicyclic amines) is 1. The second kappa shape index (κ2) is 5.52. The normalized spacial score (nSPS) is 21.9. The van der Waals surface area contributed by atoms with Crippen molar-refractivity contribution in [2.75, 3.05) is 13.1 Å². The molecule has 2 heterocycles. The minimum Gasteiger partial charge on any atom is -0.342 e. The largest absolute Gasteiger partial charge is 0.342 e. The highest BCUT2D eigenvalue weighted by Crippen LogP contribution is 2.32. The van der Waals surface area contributed by atoms with Gasteiger partial charge in [0, 0.05) is 31.6 Å². The Balaban J connectivity index is 1.38. The van der Waals surface area contributed by atoms with Crippen molar-refractivity contribution in [3.05, 3.63) is 27.7 Å². The first kappa shape index (κ1) is 14.0. The van der Waals surface area contributed by atoms with E-state index in [2.05, 4.69) is 5.10 Å². The molecule has 0 radical (unpaired) electrons. The molecule has 0 bridgehead atoms. The zero-order chi connectivity index (χ0) is 15.1. The number of nitrogens with zero attached hydrogens (tertiary/aromatic N) is 3. The molecule has 0 spiro atoms. The van der Waals surface area contributed by atoms with Crippen molar-refractivity contribution in [2.45, 2.75) is 51.5 Å². The van der Waals surface area contributed by atoms with Crippen LogP contribution in [0.15, 0.2) is 10.9 Å². The fourth-order valence-corrected chi connectivity index (χ4v) is 3.74. The third-order valence-electron chi connectivity index (χ3n) is 5.31. The summed E-state index contributed by atoms with van der Waals surface area (Å²) in [6.45, 7) is 2.40. The van der Waals surface area contributed by atoms with E-state index >= 15 is 0 Å². The van der Waals surface area contributed by atoms with Gasteiger partial charge >= 0.3 is 0 Å². The topological polar surface area (TPSA) is 55.2 Å². The van der Waals surface area contributed by atoms with Gasteiger partial charge in [-0.2, -0.15) is 5.10 Å². The molecule has 1 saturated heterocycles. The number of carbonyl (C=O) groups is 1. The van der Waals surface area contributed by atoms with Crippen LogP contribution in [0.3, 0.4) is 0 Å². The predicted octanol–water partition coefficient (Wildman–Crippen LogP) is 1.38. The Bertz CT molecular complexity index is 640. The second-order valence-electron chi connectivity index (χ2n) is 7.03. The predicted molar refractivity (Wildman–Crippen MR) is 82.6 cm³/mol. The van der Waals surface area contributed by atoms with Gasteiger partial charge < -0.3 is 4.90 Å². The summed E-state index contributed by atoms with van der Waals surface area (Å²) in [5, 5.41) is 4.56. The molecule has 1 amide bonds. The molecular weight excluding hydrogens is 278 g/mol. The van der Waals surface area contributed by atoms with Crippen molar-refractivity contribution < 1.29 is 4.79 Å². The van der Waals surface area contributed by atoms with Gasteiger partial charge in [-0.3, -0.25) is 9.59 Å². The lowest BCUT2D eigenvalue weighted by Crippen LogP contribution is -2.41. The summed E-state index contributed by atoms with van der Waals surface area (Å²) < 4.78 is 1.66. The van der Waals surface area contributed by atoms with Crippen LogP contribution < -0.4 is 5.56 Å². The molecule has 5 nitrogen and oxygen atoms in total. The van der Waals surface area contributed by atoms with Crippen LogP contribution in [0.2, 0.25) is 0 Å². The summed E-state index contributed by atoms with van der Waals surface area (Å²) in [4.78, 5) is 26.2. The molecule has 1 aliphatic heterocycles. The van der Waals surface area contributed by atoms with Crippen LogP contribution >= 0.6 is 0 Å². The second-order valence-corrected chi connectivity index (χ2v) is 7.03. The van der Waals surface area contributed by atoms with E-state index in [0.717, 1.165) is 69.3 Å². The Kier molecular flexibility index (Phi) is 3.51. The Morgan fingerprint density at radius 3 is 2.68 bits per heavy atom. The van der Waals surface area contributed by atoms with Crippen molar-refractivity contribution >= 4 is 5.91 Å². The van der Waals surface area contributed by atoms with Gasteiger partial charge in [-0.15, -0.1) is 0 Å². The number of amides is 1. The molecule has 2 fully saturated rings. The minimum absolute atomic E-state index is 0.0390. The van der Waals surface area contributed by atoms with Crippen LogP contribution in [-0.2, 0) is 24.2 Å². The molecule has 3 aliphatic rings. The third kappa shape index (κ3) is 2.69. The Hall–Kier alpha value is -1.65. The lowest BCUT2D eigenvalue weighted by atomic mass is 9.96. The lowest BCUT2D eigenvalue weighted by Gasteiger charge is -2.32. The summed E-state index contributed by atoms with van der Waals surface area (Å²) in [5.41, 5.74) is 2.30. The maximum Gasteiger partial charge on any atom is 0.267 e. The molecule has 22 heavy (non-hydrogen) atoms. The number of hydrogen-bond acceptors (Lipinski definition) is 3. The van der Waals surface area contributed by atoms with Crippen molar-refractivity contribution in [1.82, 2.24) is 14.7 Å². The molecule has 118 valence electrons. The van der Waals surface area contributed by atoms with E-state index in [1.165, 1.54) is 0 Å². The molecule has 2 aliphatic carbocycles. The monoisotopic (exact) mass is 301 g/mol. The molecule has 4 rings (SSSR count). The van der Waals surface area contributed by atoms with E-state index < -0.39 is 0 Å². The average molecular weight is 301 g/mol. The molecule has 5 heteroatoms. The van der Waals surface area contributed by atoms with E-state index in [0.29, 0.717) is 24.3 Å². The molecule has 1 saturated carbocycles. The molecule has 0 N–H and O–H groups in total. The first-order valence-electron chi connectivity index (χ1n) is 8.59. The van der Waals surface area contributed by atoms with E-state index in [1.807, 2.05) is 4.90 Å². The maximum absolute atomic E-state index is 12.2. The van der Waals surface area contributed by atoms with Crippen LogP contribution in [-0.4, -0.2) is 33.7 Å². The number of rotatable bonds is 3. The summed E-state index contributed by atoms with van der Waals surface area (Å²) in [6.07, 6.45) is 7.26. The highest BCUT2D eigenvalue weighted by Gasteiger charge is 2.35. The van der Waals surface area contributed by atoms with Crippen molar-refractivity contribution in [3.63, 3.8) is 0 Å². The van der Waals surface area contributed by atoms with Gasteiger partial charge in [-0.05, 0) is 56.4 Å². The van der Waals surface area contributed by atoms with Crippen LogP contribution in [0.4, 0.5) is 0 Å². The van der Waals surface area contributed by atoms with Gasteiger partial charge in [0.2, 0.25) is 5.91 Å². The van der Waals surface area contributed by atoms with E-state index in [-0.39, 0.29) is 5.56 Å². The lowest BCUT2D eigenvalue weighted by molar-refractivity contribution is -0.134. The van der Waals surface area contributed by atoms with E-state index in [1.54, 1.807) is 10.7 Å². The van der Waals surface area contributed by atoms with Crippen LogP contribution in [0, 0.1) is 11.8 Å². The average Bonchev–Trinajstić information content (AvgIpc) is 3.28. The zero-order valence-corrected chi connectivity index (χ0v) is 13.0. The number of hydrogen-bond donors (Lipinski definition) is 0. The number of carbonyl (C=O) groups excluding carboxylic acids is 1. The zero-order valence-electron chi connectivity index (χ0n) is 13.0. The van der Waals surface area contributed by atoms with Gasteiger partial charge in [0.1, 0.15) is 0 Å². The molecule has 0 aromatic carbocycles. The molecular formula is C17H23N3O2. The van der Waals surface area contributed by atoms with E-state index in [4.69, 9.17) is 0 Å².